The zero-order chi connectivity index (χ0) is 11.1. The fourth-order valence-electron chi connectivity index (χ4n) is 1.87. The SMILES string of the molecule is COCC(CN)OCC1CC=CCC1C. The Bertz CT molecular complexity index is 194. The molecule has 15 heavy (non-hydrogen) atoms. The highest BCUT2D eigenvalue weighted by Crippen LogP contribution is 2.25. The van der Waals surface area contributed by atoms with E-state index >= 15 is 0 Å². The molecule has 0 heterocycles. The molecule has 2 N–H and O–H groups in total. The van der Waals surface area contributed by atoms with Crippen LogP contribution in [0.2, 0.25) is 0 Å². The molecule has 3 atom stereocenters. The van der Waals surface area contributed by atoms with Crippen molar-refractivity contribution in [3.8, 4) is 0 Å². The van der Waals surface area contributed by atoms with Gasteiger partial charge in [0.15, 0.2) is 0 Å². The van der Waals surface area contributed by atoms with Gasteiger partial charge in [0, 0.05) is 13.7 Å². The molecule has 0 amide bonds. The average Bonchev–Trinajstić information content (AvgIpc) is 2.26. The van der Waals surface area contributed by atoms with Crippen LogP contribution in [0.4, 0.5) is 0 Å². The molecular formula is C12H23NO2. The van der Waals surface area contributed by atoms with Crippen LogP contribution in [0, 0.1) is 11.8 Å². The highest BCUT2D eigenvalue weighted by atomic mass is 16.5. The summed E-state index contributed by atoms with van der Waals surface area (Å²) in [4.78, 5) is 0. The first-order chi connectivity index (χ1) is 7.27. The van der Waals surface area contributed by atoms with Gasteiger partial charge in [0.2, 0.25) is 0 Å². The van der Waals surface area contributed by atoms with E-state index in [-0.39, 0.29) is 6.10 Å². The molecule has 0 bridgehead atoms. The fraction of sp³-hybridized carbons (Fsp3) is 0.833. The van der Waals surface area contributed by atoms with Gasteiger partial charge in [-0.25, -0.2) is 0 Å². The van der Waals surface area contributed by atoms with Gasteiger partial charge in [-0.3, -0.25) is 0 Å². The molecule has 1 rings (SSSR count). The van der Waals surface area contributed by atoms with Crippen molar-refractivity contribution in [2.24, 2.45) is 17.6 Å². The third-order valence-corrected chi connectivity index (χ3v) is 3.08. The van der Waals surface area contributed by atoms with Crippen LogP contribution < -0.4 is 5.73 Å². The molecule has 0 saturated heterocycles. The molecule has 0 aliphatic heterocycles. The molecule has 0 aromatic heterocycles. The van der Waals surface area contributed by atoms with E-state index in [4.69, 9.17) is 15.2 Å². The van der Waals surface area contributed by atoms with Gasteiger partial charge < -0.3 is 15.2 Å². The van der Waals surface area contributed by atoms with Crippen molar-refractivity contribution in [1.82, 2.24) is 0 Å². The van der Waals surface area contributed by atoms with E-state index in [1.807, 2.05) is 0 Å². The number of nitrogens with two attached hydrogens (primary N) is 1. The zero-order valence-electron chi connectivity index (χ0n) is 9.82. The molecule has 3 heteroatoms. The molecule has 0 radical (unpaired) electrons. The molecule has 0 spiro atoms. The fourth-order valence-corrected chi connectivity index (χ4v) is 1.87. The van der Waals surface area contributed by atoms with Gasteiger partial charge in [0.1, 0.15) is 0 Å². The molecule has 88 valence electrons. The monoisotopic (exact) mass is 213 g/mol. The second-order valence-electron chi connectivity index (χ2n) is 4.33. The van der Waals surface area contributed by atoms with Crippen molar-refractivity contribution in [2.75, 3.05) is 26.9 Å². The third-order valence-electron chi connectivity index (χ3n) is 3.08. The summed E-state index contributed by atoms with van der Waals surface area (Å²) < 4.78 is 10.8. The summed E-state index contributed by atoms with van der Waals surface area (Å²) in [7, 11) is 1.68. The summed E-state index contributed by atoms with van der Waals surface area (Å²) in [5.41, 5.74) is 5.59. The van der Waals surface area contributed by atoms with Crippen LogP contribution in [0.15, 0.2) is 12.2 Å². The van der Waals surface area contributed by atoms with E-state index in [9.17, 15) is 0 Å². The Labute approximate surface area is 92.6 Å². The van der Waals surface area contributed by atoms with Crippen LogP contribution in [0.25, 0.3) is 0 Å². The maximum absolute atomic E-state index is 5.76. The van der Waals surface area contributed by atoms with Gasteiger partial charge in [-0.1, -0.05) is 19.1 Å². The number of methoxy groups -OCH3 is 1. The van der Waals surface area contributed by atoms with Crippen molar-refractivity contribution in [2.45, 2.75) is 25.9 Å². The van der Waals surface area contributed by atoms with E-state index in [1.54, 1.807) is 7.11 Å². The molecule has 3 unspecified atom stereocenters. The van der Waals surface area contributed by atoms with Gasteiger partial charge in [-0.05, 0) is 24.7 Å². The summed E-state index contributed by atoms with van der Waals surface area (Å²) in [5.74, 6) is 1.36. The Morgan fingerprint density at radius 1 is 1.40 bits per heavy atom. The average molecular weight is 213 g/mol. The molecule has 1 aliphatic carbocycles. The third kappa shape index (κ3) is 4.33. The highest BCUT2D eigenvalue weighted by Gasteiger charge is 2.19. The van der Waals surface area contributed by atoms with Gasteiger partial charge in [0.05, 0.1) is 19.3 Å². The molecule has 0 fully saturated rings. The lowest BCUT2D eigenvalue weighted by atomic mass is 9.85. The number of hydrogen-bond acceptors (Lipinski definition) is 3. The first kappa shape index (κ1) is 12.7. The summed E-state index contributed by atoms with van der Waals surface area (Å²) in [6.07, 6.45) is 6.86. The van der Waals surface area contributed by atoms with Crippen LogP contribution in [0.5, 0.6) is 0 Å². The van der Waals surface area contributed by atoms with E-state index in [2.05, 4.69) is 19.1 Å². The Morgan fingerprint density at radius 2 is 2.13 bits per heavy atom. The topological polar surface area (TPSA) is 44.5 Å². The Hall–Kier alpha value is -0.380. The van der Waals surface area contributed by atoms with Crippen LogP contribution in [-0.4, -0.2) is 33.0 Å². The van der Waals surface area contributed by atoms with Crippen molar-refractivity contribution in [3.05, 3.63) is 12.2 Å². The van der Waals surface area contributed by atoms with Crippen LogP contribution in [-0.2, 0) is 9.47 Å². The predicted molar refractivity (Wildman–Crippen MR) is 61.7 cm³/mol. The van der Waals surface area contributed by atoms with Crippen LogP contribution in [0.3, 0.4) is 0 Å². The number of rotatable bonds is 6. The minimum atomic E-state index is 0.0492. The molecule has 0 saturated carbocycles. The Balaban J connectivity index is 2.25. The lowest BCUT2D eigenvalue weighted by Gasteiger charge is -2.27. The minimum Gasteiger partial charge on any atom is -0.382 e. The van der Waals surface area contributed by atoms with Crippen molar-refractivity contribution >= 4 is 0 Å². The van der Waals surface area contributed by atoms with E-state index < -0.39 is 0 Å². The van der Waals surface area contributed by atoms with Crippen molar-refractivity contribution in [1.29, 1.82) is 0 Å². The number of ether oxygens (including phenoxy) is 2. The zero-order valence-corrected chi connectivity index (χ0v) is 9.82. The maximum Gasteiger partial charge on any atom is 0.0930 e. The normalized spacial score (nSPS) is 27.9. The minimum absolute atomic E-state index is 0.0492. The molecule has 3 nitrogen and oxygen atoms in total. The van der Waals surface area contributed by atoms with Crippen LogP contribution >= 0.6 is 0 Å². The standard InChI is InChI=1S/C12H23NO2/c1-10-5-3-4-6-11(10)8-15-12(7-13)9-14-2/h3-4,10-12H,5-9,13H2,1-2H3. The van der Waals surface area contributed by atoms with Crippen molar-refractivity contribution in [3.63, 3.8) is 0 Å². The van der Waals surface area contributed by atoms with E-state index in [1.165, 1.54) is 6.42 Å². The Morgan fingerprint density at radius 3 is 2.73 bits per heavy atom. The summed E-state index contributed by atoms with van der Waals surface area (Å²) in [5, 5.41) is 0. The van der Waals surface area contributed by atoms with Crippen molar-refractivity contribution < 1.29 is 9.47 Å². The van der Waals surface area contributed by atoms with E-state index in [0.717, 1.165) is 18.9 Å². The highest BCUT2D eigenvalue weighted by molar-refractivity contribution is 4.93. The smallest absolute Gasteiger partial charge is 0.0930 e. The first-order valence-corrected chi connectivity index (χ1v) is 5.73. The second-order valence-corrected chi connectivity index (χ2v) is 4.33. The molecule has 0 aromatic carbocycles. The lowest BCUT2D eigenvalue weighted by molar-refractivity contribution is -0.0195. The molecule has 1 aliphatic rings. The van der Waals surface area contributed by atoms with Gasteiger partial charge >= 0.3 is 0 Å². The summed E-state index contributed by atoms with van der Waals surface area (Å²) in [6, 6.07) is 0. The second kappa shape index (κ2) is 6.99. The van der Waals surface area contributed by atoms with Crippen LogP contribution in [0.1, 0.15) is 19.8 Å². The van der Waals surface area contributed by atoms with Gasteiger partial charge in [0.25, 0.3) is 0 Å². The lowest BCUT2D eigenvalue weighted by Crippen LogP contribution is -2.31. The van der Waals surface area contributed by atoms with Gasteiger partial charge in [-0.2, -0.15) is 0 Å². The van der Waals surface area contributed by atoms with E-state index in [0.29, 0.717) is 19.1 Å². The molecular weight excluding hydrogens is 190 g/mol. The maximum atomic E-state index is 5.76. The summed E-state index contributed by atoms with van der Waals surface area (Å²) in [6.45, 7) is 4.21. The summed E-state index contributed by atoms with van der Waals surface area (Å²) >= 11 is 0. The largest absolute Gasteiger partial charge is 0.382 e. The number of hydrogen-bond donors (Lipinski definition) is 1. The van der Waals surface area contributed by atoms with Gasteiger partial charge in [-0.15, -0.1) is 0 Å². The molecule has 0 aromatic rings. The predicted octanol–water partition coefficient (Wildman–Crippen LogP) is 1.58. The quantitative estimate of drug-likeness (QED) is 0.681. The Kier molecular flexibility index (Phi) is 5.91. The number of allylic oxidation sites excluding steroid dienone is 2. The first-order valence-electron chi connectivity index (χ1n) is 5.73.